The molecule has 2 N–H and O–H groups in total. The molecule has 29 heavy (non-hydrogen) atoms. The van der Waals surface area contributed by atoms with E-state index in [1.807, 2.05) is 0 Å². The van der Waals surface area contributed by atoms with Gasteiger partial charge in [0.1, 0.15) is 5.01 Å². The molecule has 2 aromatic rings. The van der Waals surface area contributed by atoms with Crippen LogP contribution < -0.4 is 0 Å². The zero-order chi connectivity index (χ0) is 21.0. The van der Waals surface area contributed by atoms with Gasteiger partial charge in [-0.1, -0.05) is 5.21 Å². The molecule has 0 bridgehead atoms. The smallest absolute Gasteiger partial charge is 0.355 e. The number of aliphatic hydroxyl groups is 1. The van der Waals surface area contributed by atoms with E-state index >= 15 is 0 Å². The van der Waals surface area contributed by atoms with Crippen molar-refractivity contribution in [2.45, 2.75) is 38.3 Å². The van der Waals surface area contributed by atoms with E-state index in [0.717, 1.165) is 5.69 Å². The van der Waals surface area contributed by atoms with E-state index < -0.39 is 11.6 Å². The van der Waals surface area contributed by atoms with Crippen LogP contribution in [0.4, 0.5) is 0 Å². The van der Waals surface area contributed by atoms with Gasteiger partial charge in [-0.2, -0.15) is 0 Å². The zero-order valence-corrected chi connectivity index (χ0v) is 17.3. The van der Waals surface area contributed by atoms with Gasteiger partial charge < -0.3 is 19.8 Å². The lowest BCUT2D eigenvalue weighted by Crippen LogP contribution is -2.50. The van der Waals surface area contributed by atoms with Crippen molar-refractivity contribution in [1.29, 1.82) is 0 Å². The molecule has 10 nitrogen and oxygen atoms in total. The molecule has 1 saturated carbocycles. The quantitative estimate of drug-likeness (QED) is 0.570. The number of carbonyl (C=O) groups is 2. The van der Waals surface area contributed by atoms with Crippen LogP contribution >= 0.6 is 11.3 Å². The van der Waals surface area contributed by atoms with Gasteiger partial charge in [-0.05, 0) is 19.8 Å². The molecule has 1 fully saturated rings. The molecule has 3 rings (SSSR count). The van der Waals surface area contributed by atoms with Crippen molar-refractivity contribution in [1.82, 2.24) is 24.9 Å². The van der Waals surface area contributed by atoms with Crippen molar-refractivity contribution in [3.63, 3.8) is 0 Å². The van der Waals surface area contributed by atoms with E-state index in [9.17, 15) is 14.7 Å². The van der Waals surface area contributed by atoms with Gasteiger partial charge in [-0.15, -0.1) is 16.4 Å². The molecule has 1 aliphatic carbocycles. The highest BCUT2D eigenvalue weighted by atomic mass is 32.1. The molecule has 0 saturated heterocycles. The minimum absolute atomic E-state index is 0.0209. The topological polar surface area (TPSA) is 131 Å². The van der Waals surface area contributed by atoms with Crippen molar-refractivity contribution in [3.8, 4) is 0 Å². The van der Waals surface area contributed by atoms with Crippen molar-refractivity contribution >= 4 is 23.2 Å². The molecule has 2 heterocycles. The lowest BCUT2D eigenvalue weighted by molar-refractivity contribution is -0.150. The maximum Gasteiger partial charge on any atom is 0.355 e. The van der Waals surface area contributed by atoms with Gasteiger partial charge in [0.15, 0.2) is 5.69 Å². The summed E-state index contributed by atoms with van der Waals surface area (Å²) in [6.45, 7) is 3.50. The lowest BCUT2D eigenvalue weighted by atomic mass is 9.71. The number of carboxylic acids is 1. The Bertz CT molecular complexity index is 856. The summed E-state index contributed by atoms with van der Waals surface area (Å²) in [4.78, 5) is 29.4. The second kappa shape index (κ2) is 8.97. The van der Waals surface area contributed by atoms with Crippen molar-refractivity contribution in [3.05, 3.63) is 28.0 Å². The molecule has 158 valence electrons. The molecular formula is C18H25N5O5S. The van der Waals surface area contributed by atoms with Crippen LogP contribution in [0.5, 0.6) is 0 Å². The molecule has 0 unspecified atom stereocenters. The maximum atomic E-state index is 12.7. The summed E-state index contributed by atoms with van der Waals surface area (Å²) < 4.78 is 6.71. The van der Waals surface area contributed by atoms with Crippen molar-refractivity contribution in [2.24, 2.45) is 5.92 Å². The first-order valence-electron chi connectivity index (χ1n) is 9.34. The predicted molar refractivity (Wildman–Crippen MR) is 104 cm³/mol. The van der Waals surface area contributed by atoms with Crippen molar-refractivity contribution < 1.29 is 24.5 Å². The molecule has 0 aliphatic heterocycles. The Kier molecular flexibility index (Phi) is 6.60. The number of ether oxygens (including phenoxy) is 1. The first-order valence-corrected chi connectivity index (χ1v) is 10.2. The van der Waals surface area contributed by atoms with E-state index in [-0.39, 0.29) is 17.5 Å². The second-order valence-corrected chi connectivity index (χ2v) is 8.45. The number of nitrogens with zero attached hydrogens (tertiary/aromatic N) is 5. The fourth-order valence-electron chi connectivity index (χ4n) is 3.37. The van der Waals surface area contributed by atoms with Gasteiger partial charge in [0, 0.05) is 44.1 Å². The minimum Gasteiger partial charge on any atom is -0.476 e. The van der Waals surface area contributed by atoms with Crippen LogP contribution in [-0.4, -0.2) is 79.4 Å². The Balaban J connectivity index is 1.55. The highest BCUT2D eigenvalue weighted by molar-refractivity contribution is 7.09. The highest BCUT2D eigenvalue weighted by Gasteiger charge is 2.43. The zero-order valence-electron chi connectivity index (χ0n) is 16.4. The summed E-state index contributed by atoms with van der Waals surface area (Å²) in [7, 11) is 1.59. The van der Waals surface area contributed by atoms with Crippen LogP contribution in [0.25, 0.3) is 0 Å². The van der Waals surface area contributed by atoms with E-state index in [2.05, 4.69) is 15.3 Å². The van der Waals surface area contributed by atoms with Crippen molar-refractivity contribution in [2.75, 3.05) is 26.8 Å². The third kappa shape index (κ3) is 5.58. The average molecular weight is 423 g/mol. The monoisotopic (exact) mass is 423 g/mol. The third-order valence-electron chi connectivity index (χ3n) is 4.89. The first-order chi connectivity index (χ1) is 13.8. The average Bonchev–Trinajstić information content (AvgIpc) is 3.29. The number of methoxy groups -OCH3 is 1. The molecular weight excluding hydrogens is 398 g/mol. The number of hydrogen-bond donors (Lipinski definition) is 2. The number of carbonyl (C=O) groups excluding carboxylic acids is 1. The van der Waals surface area contributed by atoms with Gasteiger partial charge >= 0.3 is 5.97 Å². The van der Waals surface area contributed by atoms with Gasteiger partial charge in [0.25, 0.3) is 0 Å². The Hall–Kier alpha value is -2.37. The summed E-state index contributed by atoms with van der Waals surface area (Å²) in [5, 5.41) is 29.2. The van der Waals surface area contributed by atoms with Gasteiger partial charge in [0.05, 0.1) is 24.4 Å². The van der Waals surface area contributed by atoms with E-state index in [4.69, 9.17) is 9.84 Å². The normalized spacial score (nSPS) is 21.0. The first kappa shape index (κ1) is 21.3. The van der Waals surface area contributed by atoms with E-state index in [1.54, 1.807) is 29.8 Å². The molecule has 1 aliphatic rings. The van der Waals surface area contributed by atoms with Gasteiger partial charge in [0.2, 0.25) is 5.91 Å². The number of amides is 1. The van der Waals surface area contributed by atoms with Crippen LogP contribution in [-0.2, 0) is 22.5 Å². The van der Waals surface area contributed by atoms with E-state index in [0.29, 0.717) is 50.5 Å². The molecule has 0 atom stereocenters. The molecule has 0 aromatic carbocycles. The Morgan fingerprint density at radius 1 is 1.41 bits per heavy atom. The largest absolute Gasteiger partial charge is 0.476 e. The number of carboxylic acid groups (broad SMARTS) is 1. The predicted octanol–water partition coefficient (Wildman–Crippen LogP) is 0.660. The fourth-order valence-corrected chi connectivity index (χ4v) is 4.13. The molecule has 0 radical (unpaired) electrons. The van der Waals surface area contributed by atoms with Crippen LogP contribution in [0.3, 0.4) is 0 Å². The fraction of sp³-hybridized carbons (Fsp3) is 0.611. The SMILES string of the molecule is COCCN(CCc1cn(Cc2nc(C(=O)O)cs2)nn1)C(=O)C1CC(C)(O)C1. The van der Waals surface area contributed by atoms with Gasteiger partial charge in [-0.25, -0.2) is 14.5 Å². The Morgan fingerprint density at radius 3 is 2.79 bits per heavy atom. The number of rotatable bonds is 10. The standard InChI is InChI=1S/C18H25N5O5S/c1-18(27)7-12(8-18)16(24)22(5-6-28-2)4-3-13-9-23(21-20-13)10-15-19-14(11-29-15)17(25)26/h9,11-12,27H,3-8,10H2,1-2H3,(H,25,26). The Labute approximate surface area is 172 Å². The van der Waals surface area contributed by atoms with Crippen LogP contribution in [0.1, 0.15) is 41.0 Å². The number of hydrogen-bond acceptors (Lipinski definition) is 8. The number of aromatic carboxylic acids is 1. The molecule has 0 spiro atoms. The summed E-state index contributed by atoms with van der Waals surface area (Å²) in [5.41, 5.74) is 0.00942. The highest BCUT2D eigenvalue weighted by Crippen LogP contribution is 2.38. The minimum atomic E-state index is -1.06. The second-order valence-electron chi connectivity index (χ2n) is 7.51. The summed E-state index contributed by atoms with van der Waals surface area (Å²) in [5.74, 6) is -1.17. The molecule has 11 heteroatoms. The lowest BCUT2D eigenvalue weighted by Gasteiger charge is -2.42. The van der Waals surface area contributed by atoms with Gasteiger partial charge in [-0.3, -0.25) is 4.79 Å². The summed E-state index contributed by atoms with van der Waals surface area (Å²) >= 11 is 1.26. The molecule has 1 amide bonds. The van der Waals surface area contributed by atoms with E-state index in [1.165, 1.54) is 16.7 Å². The summed E-state index contributed by atoms with van der Waals surface area (Å²) in [6.07, 6.45) is 3.28. The summed E-state index contributed by atoms with van der Waals surface area (Å²) in [6, 6.07) is 0. The van der Waals surface area contributed by atoms with Crippen LogP contribution in [0.2, 0.25) is 0 Å². The number of aromatic nitrogens is 4. The molecule has 2 aromatic heterocycles. The number of thiazole rings is 1. The third-order valence-corrected chi connectivity index (χ3v) is 5.72. The van der Waals surface area contributed by atoms with Crippen LogP contribution in [0.15, 0.2) is 11.6 Å². The maximum absolute atomic E-state index is 12.7. The van der Waals surface area contributed by atoms with Crippen LogP contribution in [0, 0.1) is 5.92 Å². The Morgan fingerprint density at radius 2 is 2.17 bits per heavy atom.